The zero-order valence-electron chi connectivity index (χ0n) is 8.96. The van der Waals surface area contributed by atoms with E-state index in [1.165, 1.54) is 18.2 Å². The Kier molecular flexibility index (Phi) is 5.18. The molecule has 0 bridgehead atoms. The summed E-state index contributed by atoms with van der Waals surface area (Å²) in [5, 5.41) is 0.260. The van der Waals surface area contributed by atoms with E-state index in [1.807, 2.05) is 0 Å². The summed E-state index contributed by atoms with van der Waals surface area (Å²) >= 11 is 10.6. The highest BCUT2D eigenvalue weighted by atomic mass is 35.5. The van der Waals surface area contributed by atoms with Gasteiger partial charge in [-0.3, -0.25) is 0 Å². The van der Waals surface area contributed by atoms with Crippen LogP contribution in [0.4, 0.5) is 13.2 Å². The number of ether oxygens (including phenoxy) is 2. The fourth-order valence-electron chi connectivity index (χ4n) is 1.05. The Morgan fingerprint density at radius 2 is 2.06 bits per heavy atom. The van der Waals surface area contributed by atoms with Crippen molar-refractivity contribution >= 4 is 28.8 Å². The maximum Gasteiger partial charge on any atom is 0.411 e. The molecular weight excluding hydrogens is 291 g/mol. The third-order valence-corrected chi connectivity index (χ3v) is 2.31. The van der Waals surface area contributed by atoms with Gasteiger partial charge in [-0.05, 0) is 18.2 Å². The van der Waals surface area contributed by atoms with Gasteiger partial charge < -0.3 is 15.2 Å². The summed E-state index contributed by atoms with van der Waals surface area (Å²) < 4.78 is 44.5. The molecule has 0 heterocycles. The quantitative estimate of drug-likeness (QED) is 0.516. The van der Waals surface area contributed by atoms with Crippen molar-refractivity contribution in [2.24, 2.45) is 5.73 Å². The average Bonchev–Trinajstić information content (AvgIpc) is 2.22. The predicted octanol–water partition coefficient (Wildman–Crippen LogP) is 2.89. The molecule has 0 amide bonds. The van der Waals surface area contributed by atoms with E-state index in [9.17, 15) is 13.2 Å². The molecule has 0 fully saturated rings. The first-order chi connectivity index (χ1) is 8.29. The number of nitrogens with two attached hydrogens (primary N) is 1. The lowest BCUT2D eigenvalue weighted by Crippen LogP contribution is -2.19. The van der Waals surface area contributed by atoms with Crippen LogP contribution >= 0.6 is 23.8 Å². The molecule has 0 atom stereocenters. The van der Waals surface area contributed by atoms with Crippen molar-refractivity contribution in [3.8, 4) is 5.75 Å². The van der Waals surface area contributed by atoms with Gasteiger partial charge >= 0.3 is 6.18 Å². The molecule has 0 aliphatic carbocycles. The maximum absolute atomic E-state index is 11.8. The van der Waals surface area contributed by atoms with Gasteiger partial charge in [-0.2, -0.15) is 13.2 Å². The second kappa shape index (κ2) is 6.21. The van der Waals surface area contributed by atoms with Gasteiger partial charge in [0.2, 0.25) is 0 Å². The number of alkyl halides is 3. The number of rotatable bonds is 5. The van der Waals surface area contributed by atoms with Crippen LogP contribution in [0.1, 0.15) is 5.56 Å². The summed E-state index contributed by atoms with van der Waals surface area (Å²) in [6, 6.07) is 4.40. The number of halogens is 4. The molecule has 100 valence electrons. The SMILES string of the molecule is NC(=S)c1ccc(OCOCC(F)(F)F)cc1Cl. The summed E-state index contributed by atoms with van der Waals surface area (Å²) in [6.45, 7) is -1.89. The number of thiocarbonyl (C=S) groups is 1. The Morgan fingerprint density at radius 3 is 2.56 bits per heavy atom. The van der Waals surface area contributed by atoms with Crippen LogP contribution < -0.4 is 10.5 Å². The molecule has 0 saturated carbocycles. The zero-order chi connectivity index (χ0) is 13.8. The molecule has 2 N–H and O–H groups in total. The molecule has 0 aliphatic heterocycles. The summed E-state index contributed by atoms with van der Waals surface area (Å²) in [4.78, 5) is 0.125. The second-order valence-electron chi connectivity index (χ2n) is 3.23. The Hall–Kier alpha value is -1.05. The largest absolute Gasteiger partial charge is 0.467 e. The van der Waals surface area contributed by atoms with Crippen LogP contribution in [-0.4, -0.2) is 24.6 Å². The Labute approximate surface area is 112 Å². The minimum atomic E-state index is -4.38. The molecule has 0 unspecified atom stereocenters. The summed E-state index contributed by atoms with van der Waals surface area (Å²) in [5.41, 5.74) is 5.86. The maximum atomic E-state index is 11.8. The molecule has 0 aliphatic rings. The first kappa shape index (κ1) is 15.0. The molecule has 0 radical (unpaired) electrons. The number of hydrogen-bond acceptors (Lipinski definition) is 3. The minimum absolute atomic E-state index is 0.125. The molecule has 8 heteroatoms. The van der Waals surface area contributed by atoms with Crippen LogP contribution in [0.15, 0.2) is 18.2 Å². The Morgan fingerprint density at radius 1 is 1.39 bits per heavy atom. The first-order valence-electron chi connectivity index (χ1n) is 4.66. The van der Waals surface area contributed by atoms with E-state index in [-0.39, 0.29) is 15.8 Å². The highest BCUT2D eigenvalue weighted by Gasteiger charge is 2.27. The third-order valence-electron chi connectivity index (χ3n) is 1.78. The molecule has 1 aromatic carbocycles. The average molecular weight is 300 g/mol. The fourth-order valence-corrected chi connectivity index (χ4v) is 1.56. The predicted molar refractivity (Wildman–Crippen MR) is 64.8 cm³/mol. The Balaban J connectivity index is 2.49. The van der Waals surface area contributed by atoms with Gasteiger partial charge in [0.05, 0.1) is 5.02 Å². The number of hydrogen-bond donors (Lipinski definition) is 1. The van der Waals surface area contributed by atoms with Crippen molar-refractivity contribution in [3.05, 3.63) is 28.8 Å². The highest BCUT2D eigenvalue weighted by molar-refractivity contribution is 7.80. The van der Waals surface area contributed by atoms with Crippen molar-refractivity contribution in [2.75, 3.05) is 13.4 Å². The normalized spacial score (nSPS) is 11.3. The van der Waals surface area contributed by atoms with Crippen LogP contribution in [0, 0.1) is 0 Å². The van der Waals surface area contributed by atoms with Gasteiger partial charge in [-0.15, -0.1) is 0 Å². The first-order valence-corrected chi connectivity index (χ1v) is 5.45. The highest BCUT2D eigenvalue weighted by Crippen LogP contribution is 2.22. The Bertz CT molecular complexity index is 440. The van der Waals surface area contributed by atoms with Gasteiger partial charge in [0.25, 0.3) is 0 Å². The van der Waals surface area contributed by atoms with Gasteiger partial charge in [0.1, 0.15) is 17.3 Å². The second-order valence-corrected chi connectivity index (χ2v) is 4.08. The van der Waals surface area contributed by atoms with Gasteiger partial charge in [-0.25, -0.2) is 0 Å². The number of benzene rings is 1. The van der Waals surface area contributed by atoms with E-state index in [4.69, 9.17) is 34.3 Å². The standard InChI is InChI=1S/C10H9ClF3NO2S/c11-8-3-6(1-2-7(8)9(15)18)17-5-16-4-10(12,13)14/h1-3H,4-5H2,(H2,15,18). The van der Waals surface area contributed by atoms with Crippen LogP contribution in [0.25, 0.3) is 0 Å². The lowest BCUT2D eigenvalue weighted by Gasteiger charge is -2.10. The van der Waals surface area contributed by atoms with E-state index < -0.39 is 19.6 Å². The summed E-state index contributed by atoms with van der Waals surface area (Å²) in [6.07, 6.45) is -4.38. The van der Waals surface area contributed by atoms with E-state index >= 15 is 0 Å². The smallest absolute Gasteiger partial charge is 0.411 e. The van der Waals surface area contributed by atoms with E-state index in [0.717, 1.165) is 0 Å². The molecule has 1 rings (SSSR count). The third kappa shape index (κ3) is 5.07. The van der Waals surface area contributed by atoms with Gasteiger partial charge in [-0.1, -0.05) is 23.8 Å². The van der Waals surface area contributed by atoms with E-state index in [2.05, 4.69) is 4.74 Å². The topological polar surface area (TPSA) is 44.5 Å². The molecule has 0 spiro atoms. The molecule has 0 saturated heterocycles. The van der Waals surface area contributed by atoms with Crippen molar-refractivity contribution in [3.63, 3.8) is 0 Å². The zero-order valence-corrected chi connectivity index (χ0v) is 10.5. The molecular formula is C10H9ClF3NO2S. The monoisotopic (exact) mass is 299 g/mol. The van der Waals surface area contributed by atoms with Crippen LogP contribution in [0.2, 0.25) is 5.02 Å². The molecule has 1 aromatic rings. The lowest BCUT2D eigenvalue weighted by atomic mass is 10.2. The molecule has 18 heavy (non-hydrogen) atoms. The van der Waals surface area contributed by atoms with Crippen LogP contribution in [0.3, 0.4) is 0 Å². The van der Waals surface area contributed by atoms with Crippen LogP contribution in [0.5, 0.6) is 5.75 Å². The van der Waals surface area contributed by atoms with E-state index in [1.54, 1.807) is 0 Å². The fraction of sp³-hybridized carbons (Fsp3) is 0.300. The molecule has 0 aromatic heterocycles. The summed E-state index contributed by atoms with van der Waals surface area (Å²) in [5.74, 6) is 0.266. The van der Waals surface area contributed by atoms with Gasteiger partial charge in [0.15, 0.2) is 6.79 Å². The van der Waals surface area contributed by atoms with E-state index in [0.29, 0.717) is 5.56 Å². The lowest BCUT2D eigenvalue weighted by molar-refractivity contribution is -0.186. The van der Waals surface area contributed by atoms with Crippen molar-refractivity contribution in [2.45, 2.75) is 6.18 Å². The summed E-state index contributed by atoms with van der Waals surface area (Å²) in [7, 11) is 0. The molecule has 3 nitrogen and oxygen atoms in total. The van der Waals surface area contributed by atoms with Crippen molar-refractivity contribution < 1.29 is 22.6 Å². The van der Waals surface area contributed by atoms with Crippen molar-refractivity contribution in [1.29, 1.82) is 0 Å². The van der Waals surface area contributed by atoms with Crippen LogP contribution in [-0.2, 0) is 4.74 Å². The minimum Gasteiger partial charge on any atom is -0.467 e. The van der Waals surface area contributed by atoms with Crippen molar-refractivity contribution in [1.82, 2.24) is 0 Å². The van der Waals surface area contributed by atoms with Gasteiger partial charge in [0, 0.05) is 5.56 Å².